The first-order valence-corrected chi connectivity index (χ1v) is 7.26. The van der Waals surface area contributed by atoms with Crippen molar-refractivity contribution in [3.05, 3.63) is 34.8 Å². The molecule has 6 heteroatoms. The number of carbonyl (C=O) groups is 1. The molecule has 0 spiro atoms. The Morgan fingerprint density at radius 1 is 1.35 bits per heavy atom. The van der Waals surface area contributed by atoms with E-state index in [4.69, 9.17) is 4.74 Å². The minimum absolute atomic E-state index is 0.232. The van der Waals surface area contributed by atoms with Crippen molar-refractivity contribution in [3.8, 4) is 5.75 Å². The molecule has 2 aromatic rings. The van der Waals surface area contributed by atoms with Crippen molar-refractivity contribution in [3.63, 3.8) is 0 Å². The van der Waals surface area contributed by atoms with Gasteiger partial charge in [0.15, 0.2) is 6.10 Å². The Morgan fingerprint density at radius 3 is 2.65 bits per heavy atom. The predicted octanol–water partition coefficient (Wildman–Crippen LogP) is 2.81. The molecule has 1 aromatic heterocycles. The van der Waals surface area contributed by atoms with Crippen molar-refractivity contribution >= 4 is 22.4 Å². The van der Waals surface area contributed by atoms with Crippen LogP contribution in [-0.2, 0) is 11.2 Å². The molecule has 0 bridgehead atoms. The van der Waals surface area contributed by atoms with Crippen LogP contribution < -0.4 is 10.1 Å². The number of rotatable bonds is 5. The molecule has 5 nitrogen and oxygen atoms in total. The number of hydrogen-bond donors (Lipinski definition) is 1. The molecule has 0 aliphatic rings. The molecule has 0 saturated carbocycles. The van der Waals surface area contributed by atoms with Gasteiger partial charge in [0.05, 0.1) is 0 Å². The quantitative estimate of drug-likeness (QED) is 0.920. The zero-order valence-electron chi connectivity index (χ0n) is 11.7. The van der Waals surface area contributed by atoms with E-state index in [1.807, 2.05) is 38.1 Å². The van der Waals surface area contributed by atoms with Crippen LogP contribution in [0.3, 0.4) is 0 Å². The van der Waals surface area contributed by atoms with Crippen molar-refractivity contribution in [1.82, 2.24) is 10.2 Å². The lowest BCUT2D eigenvalue weighted by atomic mass is 10.2. The first kappa shape index (κ1) is 14.5. The SMILES string of the molecule is CCc1nnc(NC(=O)[C@H](C)Oc2ccc(C)cc2)s1. The van der Waals surface area contributed by atoms with Gasteiger partial charge in [0.25, 0.3) is 5.91 Å². The smallest absolute Gasteiger partial charge is 0.266 e. The minimum Gasteiger partial charge on any atom is -0.481 e. The summed E-state index contributed by atoms with van der Waals surface area (Å²) < 4.78 is 5.58. The molecular formula is C14H17N3O2S. The molecule has 0 aliphatic carbocycles. The molecule has 106 valence electrons. The van der Waals surface area contributed by atoms with Crippen LogP contribution in [0, 0.1) is 6.92 Å². The number of aryl methyl sites for hydroxylation is 2. The van der Waals surface area contributed by atoms with E-state index in [9.17, 15) is 4.79 Å². The number of anilines is 1. The zero-order valence-corrected chi connectivity index (χ0v) is 12.5. The second-order valence-electron chi connectivity index (χ2n) is 4.42. The number of amides is 1. The van der Waals surface area contributed by atoms with Gasteiger partial charge < -0.3 is 4.74 Å². The molecule has 0 radical (unpaired) electrons. The summed E-state index contributed by atoms with van der Waals surface area (Å²) in [6.45, 7) is 5.70. The Kier molecular flexibility index (Phi) is 4.68. The van der Waals surface area contributed by atoms with Crippen LogP contribution >= 0.6 is 11.3 Å². The number of nitrogens with zero attached hydrogens (tertiary/aromatic N) is 2. The molecule has 1 amide bonds. The maximum Gasteiger partial charge on any atom is 0.266 e. The molecular weight excluding hydrogens is 274 g/mol. The van der Waals surface area contributed by atoms with Gasteiger partial charge in [-0.15, -0.1) is 10.2 Å². The Bertz CT molecular complexity index is 580. The van der Waals surface area contributed by atoms with E-state index in [0.717, 1.165) is 17.0 Å². The van der Waals surface area contributed by atoms with Crippen molar-refractivity contribution in [1.29, 1.82) is 0 Å². The summed E-state index contributed by atoms with van der Waals surface area (Å²) in [7, 11) is 0. The van der Waals surface area contributed by atoms with Gasteiger partial charge in [-0.05, 0) is 32.4 Å². The topological polar surface area (TPSA) is 64.1 Å². The fourth-order valence-corrected chi connectivity index (χ4v) is 2.21. The summed E-state index contributed by atoms with van der Waals surface area (Å²) in [5.41, 5.74) is 1.15. The Balaban J connectivity index is 1.93. The highest BCUT2D eigenvalue weighted by molar-refractivity contribution is 7.15. The molecule has 1 aromatic carbocycles. The normalized spacial score (nSPS) is 11.9. The van der Waals surface area contributed by atoms with Crippen molar-refractivity contribution in [2.75, 3.05) is 5.32 Å². The second kappa shape index (κ2) is 6.47. The van der Waals surface area contributed by atoms with Crippen LogP contribution in [0.2, 0.25) is 0 Å². The summed E-state index contributed by atoms with van der Waals surface area (Å²) in [6.07, 6.45) is 0.217. The third kappa shape index (κ3) is 3.77. The lowest BCUT2D eigenvalue weighted by Gasteiger charge is -2.13. The van der Waals surface area contributed by atoms with E-state index < -0.39 is 6.10 Å². The third-order valence-electron chi connectivity index (χ3n) is 2.70. The summed E-state index contributed by atoms with van der Waals surface area (Å²) in [5, 5.41) is 12.0. The highest BCUT2D eigenvalue weighted by Crippen LogP contribution is 2.17. The van der Waals surface area contributed by atoms with Crippen LogP contribution in [0.4, 0.5) is 5.13 Å². The van der Waals surface area contributed by atoms with E-state index in [2.05, 4.69) is 15.5 Å². The fraction of sp³-hybridized carbons (Fsp3) is 0.357. The number of ether oxygens (including phenoxy) is 1. The van der Waals surface area contributed by atoms with Gasteiger partial charge in [0.1, 0.15) is 10.8 Å². The van der Waals surface area contributed by atoms with Crippen LogP contribution in [0.5, 0.6) is 5.75 Å². The molecule has 0 unspecified atom stereocenters. The average Bonchev–Trinajstić information content (AvgIpc) is 2.89. The number of nitrogens with one attached hydrogen (secondary N) is 1. The average molecular weight is 291 g/mol. The largest absolute Gasteiger partial charge is 0.481 e. The Morgan fingerprint density at radius 2 is 2.05 bits per heavy atom. The number of aromatic nitrogens is 2. The van der Waals surface area contributed by atoms with Gasteiger partial charge in [-0.3, -0.25) is 10.1 Å². The lowest BCUT2D eigenvalue weighted by Crippen LogP contribution is -2.30. The van der Waals surface area contributed by atoms with Crippen LogP contribution in [-0.4, -0.2) is 22.2 Å². The zero-order chi connectivity index (χ0) is 14.5. The first-order valence-electron chi connectivity index (χ1n) is 6.45. The summed E-state index contributed by atoms with van der Waals surface area (Å²) in [4.78, 5) is 12.0. The summed E-state index contributed by atoms with van der Waals surface area (Å²) in [5.74, 6) is 0.439. The first-order chi connectivity index (χ1) is 9.58. The molecule has 0 fully saturated rings. The van der Waals surface area contributed by atoms with Crippen LogP contribution in [0.15, 0.2) is 24.3 Å². The molecule has 2 rings (SSSR count). The molecule has 1 atom stereocenters. The van der Waals surface area contributed by atoms with E-state index in [1.54, 1.807) is 6.92 Å². The standard InChI is InChI=1S/C14H17N3O2S/c1-4-12-16-17-14(20-12)15-13(18)10(3)19-11-7-5-9(2)6-8-11/h5-8,10H,4H2,1-3H3,(H,15,17,18)/t10-/m0/s1. The summed E-state index contributed by atoms with van der Waals surface area (Å²) >= 11 is 1.38. The molecule has 20 heavy (non-hydrogen) atoms. The van der Waals surface area contributed by atoms with Crippen molar-refractivity contribution < 1.29 is 9.53 Å². The molecule has 1 heterocycles. The molecule has 0 aliphatic heterocycles. The van der Waals surface area contributed by atoms with Crippen LogP contribution in [0.1, 0.15) is 24.4 Å². The van der Waals surface area contributed by atoms with Gasteiger partial charge in [0.2, 0.25) is 5.13 Å². The highest BCUT2D eigenvalue weighted by atomic mass is 32.1. The minimum atomic E-state index is -0.591. The van der Waals surface area contributed by atoms with Gasteiger partial charge >= 0.3 is 0 Å². The van der Waals surface area contributed by atoms with Gasteiger partial charge in [-0.25, -0.2) is 0 Å². The highest BCUT2D eigenvalue weighted by Gasteiger charge is 2.16. The maximum absolute atomic E-state index is 12.0. The maximum atomic E-state index is 12.0. The van der Waals surface area contributed by atoms with E-state index in [-0.39, 0.29) is 5.91 Å². The van der Waals surface area contributed by atoms with E-state index in [1.165, 1.54) is 11.3 Å². The van der Waals surface area contributed by atoms with E-state index >= 15 is 0 Å². The molecule has 1 N–H and O–H groups in total. The Hall–Kier alpha value is -1.95. The van der Waals surface area contributed by atoms with Crippen molar-refractivity contribution in [2.24, 2.45) is 0 Å². The fourth-order valence-electron chi connectivity index (χ4n) is 1.53. The predicted molar refractivity (Wildman–Crippen MR) is 79.2 cm³/mol. The number of benzene rings is 1. The van der Waals surface area contributed by atoms with Gasteiger partial charge in [-0.2, -0.15) is 0 Å². The second-order valence-corrected chi connectivity index (χ2v) is 5.48. The number of carbonyl (C=O) groups excluding carboxylic acids is 1. The molecule has 0 saturated heterocycles. The lowest BCUT2D eigenvalue weighted by molar-refractivity contribution is -0.122. The third-order valence-corrected chi connectivity index (χ3v) is 3.69. The van der Waals surface area contributed by atoms with E-state index in [0.29, 0.717) is 10.9 Å². The van der Waals surface area contributed by atoms with Crippen molar-refractivity contribution in [2.45, 2.75) is 33.3 Å². The monoisotopic (exact) mass is 291 g/mol. The Labute approximate surface area is 122 Å². The van der Waals surface area contributed by atoms with Crippen LogP contribution in [0.25, 0.3) is 0 Å². The van der Waals surface area contributed by atoms with Gasteiger partial charge in [0, 0.05) is 0 Å². The van der Waals surface area contributed by atoms with Gasteiger partial charge in [-0.1, -0.05) is 36.0 Å². The number of hydrogen-bond acceptors (Lipinski definition) is 5. The summed E-state index contributed by atoms with van der Waals surface area (Å²) in [6, 6.07) is 7.58.